The van der Waals surface area contributed by atoms with Crippen molar-refractivity contribution in [2.45, 2.75) is 64.3 Å². The van der Waals surface area contributed by atoms with Gasteiger partial charge in [0.25, 0.3) is 0 Å². The van der Waals surface area contributed by atoms with E-state index in [4.69, 9.17) is 10.5 Å². The molecule has 0 saturated carbocycles. The molecule has 5 nitrogen and oxygen atoms in total. The summed E-state index contributed by atoms with van der Waals surface area (Å²) in [5.74, 6) is 0. The second-order valence-corrected chi connectivity index (χ2v) is 7.31. The molecule has 2 rings (SSSR count). The van der Waals surface area contributed by atoms with Gasteiger partial charge in [-0.1, -0.05) is 24.3 Å². The van der Waals surface area contributed by atoms with Crippen molar-refractivity contribution < 1.29 is 9.53 Å². The summed E-state index contributed by atoms with van der Waals surface area (Å²) >= 11 is 0. The summed E-state index contributed by atoms with van der Waals surface area (Å²) in [7, 11) is 0. The van der Waals surface area contributed by atoms with Crippen LogP contribution in [0.1, 0.15) is 63.7 Å². The summed E-state index contributed by atoms with van der Waals surface area (Å²) in [4.78, 5) is 11.7. The normalized spacial score (nSPS) is 21.6. The highest BCUT2D eigenvalue weighted by molar-refractivity contribution is 5.68. The lowest BCUT2D eigenvalue weighted by molar-refractivity contribution is 0.0506. The van der Waals surface area contributed by atoms with Gasteiger partial charge in [-0.25, -0.2) is 4.79 Å². The molecule has 0 spiro atoms. The lowest BCUT2D eigenvalue weighted by atomic mass is 10.1. The molecule has 23 heavy (non-hydrogen) atoms. The topological polar surface area (TPSA) is 76.4 Å². The van der Waals surface area contributed by atoms with E-state index in [1.54, 1.807) is 0 Å². The van der Waals surface area contributed by atoms with E-state index >= 15 is 0 Å². The lowest BCUT2D eigenvalue weighted by Gasteiger charge is -2.22. The molecule has 4 N–H and O–H groups in total. The zero-order valence-electron chi connectivity index (χ0n) is 14.6. The van der Waals surface area contributed by atoms with Crippen molar-refractivity contribution in [3.63, 3.8) is 0 Å². The molecule has 128 valence electrons. The minimum absolute atomic E-state index is 0.0580. The number of rotatable bonds is 5. The molecule has 1 aromatic rings. The zero-order chi connectivity index (χ0) is 17.0. The van der Waals surface area contributed by atoms with Crippen LogP contribution in [-0.2, 0) is 4.74 Å². The third kappa shape index (κ3) is 5.22. The van der Waals surface area contributed by atoms with Gasteiger partial charge in [0, 0.05) is 18.1 Å². The predicted molar refractivity (Wildman–Crippen MR) is 92.2 cm³/mol. The molecular weight excluding hydrogens is 290 g/mol. The Morgan fingerprint density at radius 1 is 1.35 bits per heavy atom. The number of carbonyl (C=O) groups excluding carboxylic acids is 1. The molecule has 0 heterocycles. The lowest BCUT2D eigenvalue weighted by Crippen LogP contribution is -2.39. The SMILES string of the molecule is CC(CCNC1CC(N)c2ccccc21)NC(=O)OC(C)(C)C. The third-order valence-electron chi connectivity index (χ3n) is 3.99. The maximum atomic E-state index is 11.7. The second-order valence-electron chi connectivity index (χ2n) is 7.31. The van der Waals surface area contributed by atoms with Crippen molar-refractivity contribution in [1.82, 2.24) is 10.6 Å². The van der Waals surface area contributed by atoms with E-state index in [2.05, 4.69) is 28.8 Å². The quantitative estimate of drug-likeness (QED) is 0.780. The van der Waals surface area contributed by atoms with Gasteiger partial charge >= 0.3 is 6.09 Å². The summed E-state index contributed by atoms with van der Waals surface area (Å²) in [5.41, 5.74) is 8.25. The van der Waals surface area contributed by atoms with Crippen LogP contribution in [0.2, 0.25) is 0 Å². The molecule has 1 amide bonds. The Kier molecular flexibility index (Phi) is 5.65. The average Bonchev–Trinajstić information content (AvgIpc) is 2.74. The molecule has 3 atom stereocenters. The Bertz CT molecular complexity index is 539. The van der Waals surface area contributed by atoms with Crippen LogP contribution >= 0.6 is 0 Å². The third-order valence-corrected chi connectivity index (χ3v) is 3.99. The summed E-state index contributed by atoms with van der Waals surface area (Å²) in [5, 5.41) is 6.41. The summed E-state index contributed by atoms with van der Waals surface area (Å²) in [6.45, 7) is 8.39. The number of benzene rings is 1. The van der Waals surface area contributed by atoms with Crippen molar-refractivity contribution in [3.8, 4) is 0 Å². The molecule has 5 heteroatoms. The number of hydrogen-bond donors (Lipinski definition) is 3. The smallest absolute Gasteiger partial charge is 0.407 e. The second kappa shape index (κ2) is 7.32. The number of hydrogen-bond acceptors (Lipinski definition) is 4. The van der Waals surface area contributed by atoms with E-state index in [9.17, 15) is 4.79 Å². The Balaban J connectivity index is 1.74. The molecule has 1 aliphatic rings. The first-order valence-corrected chi connectivity index (χ1v) is 8.33. The van der Waals surface area contributed by atoms with Crippen molar-refractivity contribution in [2.24, 2.45) is 5.73 Å². The number of ether oxygens (including phenoxy) is 1. The molecule has 0 aliphatic heterocycles. The molecule has 1 aliphatic carbocycles. The van der Waals surface area contributed by atoms with Crippen LogP contribution in [0, 0.1) is 0 Å². The molecular formula is C18H29N3O2. The van der Waals surface area contributed by atoms with Gasteiger partial charge in [0.1, 0.15) is 5.60 Å². The Hall–Kier alpha value is -1.59. The van der Waals surface area contributed by atoms with E-state index in [-0.39, 0.29) is 18.2 Å². The van der Waals surface area contributed by atoms with E-state index in [1.165, 1.54) is 11.1 Å². The van der Waals surface area contributed by atoms with E-state index < -0.39 is 5.60 Å². The van der Waals surface area contributed by atoms with Crippen LogP contribution in [0.3, 0.4) is 0 Å². The minimum Gasteiger partial charge on any atom is -0.444 e. The van der Waals surface area contributed by atoms with Crippen molar-refractivity contribution in [1.29, 1.82) is 0 Å². The van der Waals surface area contributed by atoms with Gasteiger partial charge in [-0.2, -0.15) is 0 Å². The molecule has 3 unspecified atom stereocenters. The first-order chi connectivity index (χ1) is 10.8. The highest BCUT2D eigenvalue weighted by Gasteiger charge is 2.27. The Morgan fingerprint density at radius 2 is 2.00 bits per heavy atom. The van der Waals surface area contributed by atoms with Crippen LogP contribution in [0.4, 0.5) is 4.79 Å². The molecule has 0 bridgehead atoms. The fraction of sp³-hybridized carbons (Fsp3) is 0.611. The highest BCUT2D eigenvalue weighted by atomic mass is 16.6. The first-order valence-electron chi connectivity index (χ1n) is 8.33. The van der Waals surface area contributed by atoms with Gasteiger partial charge in [-0.3, -0.25) is 0 Å². The summed E-state index contributed by atoms with van der Waals surface area (Å²) < 4.78 is 5.26. The van der Waals surface area contributed by atoms with Crippen LogP contribution in [-0.4, -0.2) is 24.3 Å². The zero-order valence-corrected chi connectivity index (χ0v) is 14.6. The van der Waals surface area contributed by atoms with Gasteiger partial charge in [0.15, 0.2) is 0 Å². The van der Waals surface area contributed by atoms with Crippen LogP contribution < -0.4 is 16.4 Å². The van der Waals surface area contributed by atoms with Gasteiger partial charge in [-0.15, -0.1) is 0 Å². The van der Waals surface area contributed by atoms with Crippen molar-refractivity contribution in [2.75, 3.05) is 6.54 Å². The van der Waals surface area contributed by atoms with Crippen LogP contribution in [0.15, 0.2) is 24.3 Å². The molecule has 0 aromatic heterocycles. The number of nitrogens with one attached hydrogen (secondary N) is 2. The largest absolute Gasteiger partial charge is 0.444 e. The van der Waals surface area contributed by atoms with Crippen LogP contribution in [0.25, 0.3) is 0 Å². The molecule has 0 saturated heterocycles. The molecule has 0 fully saturated rings. The summed E-state index contributed by atoms with van der Waals surface area (Å²) in [6.07, 6.45) is 1.40. The monoisotopic (exact) mass is 319 g/mol. The Labute approximate surface area is 139 Å². The van der Waals surface area contributed by atoms with Crippen LogP contribution in [0.5, 0.6) is 0 Å². The average molecular weight is 319 g/mol. The van der Waals surface area contributed by atoms with Crippen molar-refractivity contribution in [3.05, 3.63) is 35.4 Å². The van der Waals surface area contributed by atoms with Crippen molar-refractivity contribution >= 4 is 6.09 Å². The number of alkyl carbamates (subject to hydrolysis) is 1. The molecule has 1 aromatic carbocycles. The van der Waals surface area contributed by atoms with E-state index in [0.29, 0.717) is 6.04 Å². The predicted octanol–water partition coefficient (Wildman–Crippen LogP) is 3.02. The van der Waals surface area contributed by atoms with Gasteiger partial charge in [-0.05, 0) is 58.2 Å². The maximum Gasteiger partial charge on any atom is 0.407 e. The molecule has 0 radical (unpaired) electrons. The van der Waals surface area contributed by atoms with Gasteiger partial charge in [0.2, 0.25) is 0 Å². The fourth-order valence-corrected chi connectivity index (χ4v) is 2.92. The number of fused-ring (bicyclic) bond motifs is 1. The van der Waals surface area contributed by atoms with Gasteiger partial charge < -0.3 is 21.1 Å². The first kappa shape index (κ1) is 17.8. The number of nitrogens with two attached hydrogens (primary N) is 1. The minimum atomic E-state index is -0.467. The fourth-order valence-electron chi connectivity index (χ4n) is 2.92. The van der Waals surface area contributed by atoms with E-state index in [1.807, 2.05) is 33.8 Å². The van der Waals surface area contributed by atoms with E-state index in [0.717, 1.165) is 19.4 Å². The maximum absolute atomic E-state index is 11.7. The van der Waals surface area contributed by atoms with Gasteiger partial charge in [0.05, 0.1) is 0 Å². The Morgan fingerprint density at radius 3 is 2.65 bits per heavy atom. The standard InChI is InChI=1S/C18H29N3O2/c1-12(21-17(22)23-18(2,3)4)9-10-20-16-11-15(19)13-7-5-6-8-14(13)16/h5-8,12,15-16,20H,9-11,19H2,1-4H3,(H,21,22). The number of carbonyl (C=O) groups is 1. The number of amides is 1. The summed E-state index contributed by atoms with van der Waals surface area (Å²) in [6, 6.07) is 8.81. The highest BCUT2D eigenvalue weighted by Crippen LogP contribution is 2.36.